The number of aromatic amines is 1. The number of halogens is 1. The van der Waals surface area contributed by atoms with E-state index in [1.807, 2.05) is 60.7 Å². The lowest BCUT2D eigenvalue weighted by atomic mass is 10.1. The lowest BCUT2D eigenvalue weighted by Crippen LogP contribution is -2.15. The Kier molecular flexibility index (Phi) is 2.84. The van der Waals surface area contributed by atoms with Crippen molar-refractivity contribution in [2.75, 3.05) is 4.90 Å². The topological polar surface area (TPSA) is 28.3 Å². The molecule has 0 saturated carbocycles. The molecule has 1 N–H and O–H groups in total. The molecule has 0 unspecified atom stereocenters. The van der Waals surface area contributed by atoms with E-state index in [1.165, 1.54) is 0 Å². The van der Waals surface area contributed by atoms with E-state index in [9.17, 15) is 0 Å². The predicted octanol–water partition coefficient (Wildman–Crippen LogP) is 6.40. The molecule has 1 aliphatic heterocycles. The van der Waals surface area contributed by atoms with E-state index in [0.29, 0.717) is 5.02 Å². The Bertz CT molecular complexity index is 1070. The summed E-state index contributed by atoms with van der Waals surface area (Å²) in [6.07, 6.45) is 0. The zero-order valence-corrected chi connectivity index (χ0v) is 13.4. The number of para-hydroxylation sites is 3. The molecule has 3 nitrogen and oxygen atoms in total. The highest BCUT2D eigenvalue weighted by Crippen LogP contribution is 2.52. The van der Waals surface area contributed by atoms with Gasteiger partial charge < -0.3 is 9.72 Å². The molecule has 1 aliphatic rings. The van der Waals surface area contributed by atoms with Crippen LogP contribution in [-0.2, 0) is 0 Å². The Labute approximate surface area is 144 Å². The first-order valence-electron chi connectivity index (χ1n) is 7.74. The average Bonchev–Trinajstić information content (AvgIpc) is 2.97. The molecule has 0 fully saturated rings. The van der Waals surface area contributed by atoms with Crippen molar-refractivity contribution < 1.29 is 4.74 Å². The molecule has 0 bridgehead atoms. The molecule has 116 valence electrons. The maximum absolute atomic E-state index is 6.23. The van der Waals surface area contributed by atoms with E-state index in [2.05, 4.69) is 22.0 Å². The van der Waals surface area contributed by atoms with Crippen LogP contribution < -0.4 is 9.64 Å². The molecule has 2 heterocycles. The summed E-state index contributed by atoms with van der Waals surface area (Å²) in [6, 6.07) is 24.0. The molecule has 3 aromatic carbocycles. The Balaban J connectivity index is 1.83. The van der Waals surface area contributed by atoms with Gasteiger partial charge in [-0.3, -0.25) is 4.90 Å². The van der Waals surface area contributed by atoms with Gasteiger partial charge in [-0.05, 0) is 42.5 Å². The van der Waals surface area contributed by atoms with Crippen LogP contribution in [0.4, 0.5) is 17.2 Å². The number of aromatic nitrogens is 1. The summed E-state index contributed by atoms with van der Waals surface area (Å²) in [4.78, 5) is 5.64. The molecule has 24 heavy (non-hydrogen) atoms. The average molecular weight is 333 g/mol. The maximum atomic E-state index is 6.23. The number of fused-ring (bicyclic) bond motifs is 4. The SMILES string of the molecule is Clc1cccc(N2c3ccccc3Oc3c2[nH]c2ccccc32)c1. The summed E-state index contributed by atoms with van der Waals surface area (Å²) in [7, 11) is 0. The molecule has 0 spiro atoms. The third kappa shape index (κ3) is 1.92. The van der Waals surface area contributed by atoms with Gasteiger partial charge in [0.25, 0.3) is 0 Å². The fraction of sp³-hybridized carbons (Fsp3) is 0. The maximum Gasteiger partial charge on any atom is 0.178 e. The number of rotatable bonds is 1. The number of benzene rings is 3. The second-order valence-electron chi connectivity index (χ2n) is 5.73. The van der Waals surface area contributed by atoms with E-state index >= 15 is 0 Å². The van der Waals surface area contributed by atoms with E-state index in [1.54, 1.807) is 0 Å². The van der Waals surface area contributed by atoms with Crippen molar-refractivity contribution in [3.05, 3.63) is 77.8 Å². The second-order valence-corrected chi connectivity index (χ2v) is 6.17. The molecule has 1 aromatic heterocycles. The fourth-order valence-corrected chi connectivity index (χ4v) is 3.39. The Morgan fingerprint density at radius 3 is 2.62 bits per heavy atom. The Morgan fingerprint density at radius 2 is 1.71 bits per heavy atom. The van der Waals surface area contributed by atoms with Crippen molar-refractivity contribution >= 4 is 39.7 Å². The second kappa shape index (κ2) is 5.05. The van der Waals surface area contributed by atoms with Gasteiger partial charge in [-0.2, -0.15) is 0 Å². The molecule has 0 radical (unpaired) electrons. The van der Waals surface area contributed by atoms with Crippen LogP contribution in [0.25, 0.3) is 10.9 Å². The lowest BCUT2D eigenvalue weighted by molar-refractivity contribution is 0.482. The first-order chi connectivity index (χ1) is 11.8. The smallest absolute Gasteiger partial charge is 0.178 e. The summed E-state index contributed by atoms with van der Waals surface area (Å²) < 4.78 is 6.21. The summed E-state index contributed by atoms with van der Waals surface area (Å²) in [5, 5.41) is 1.77. The number of hydrogen-bond donors (Lipinski definition) is 1. The first kappa shape index (κ1) is 13.5. The van der Waals surface area contributed by atoms with Crippen LogP contribution in [0.3, 0.4) is 0 Å². The lowest BCUT2D eigenvalue weighted by Gasteiger charge is -2.30. The van der Waals surface area contributed by atoms with Crippen LogP contribution in [0.15, 0.2) is 72.8 Å². The quantitative estimate of drug-likeness (QED) is 0.385. The van der Waals surface area contributed by atoms with E-state index in [-0.39, 0.29) is 0 Å². The summed E-state index contributed by atoms with van der Waals surface area (Å²) in [5.41, 5.74) is 3.02. The summed E-state index contributed by atoms with van der Waals surface area (Å²) >= 11 is 6.23. The Morgan fingerprint density at radius 1 is 0.875 bits per heavy atom. The molecule has 0 saturated heterocycles. The van der Waals surface area contributed by atoms with E-state index in [0.717, 1.165) is 39.6 Å². The van der Waals surface area contributed by atoms with Gasteiger partial charge in [0.1, 0.15) is 0 Å². The van der Waals surface area contributed by atoms with Crippen molar-refractivity contribution in [3.8, 4) is 11.5 Å². The van der Waals surface area contributed by atoms with Gasteiger partial charge >= 0.3 is 0 Å². The zero-order valence-electron chi connectivity index (χ0n) is 12.7. The summed E-state index contributed by atoms with van der Waals surface area (Å²) in [5.74, 6) is 2.58. The van der Waals surface area contributed by atoms with Gasteiger partial charge in [0.05, 0.1) is 11.2 Å². The minimum Gasteiger partial charge on any atom is -0.451 e. The number of hydrogen-bond acceptors (Lipinski definition) is 2. The third-order valence-electron chi connectivity index (χ3n) is 4.25. The summed E-state index contributed by atoms with van der Waals surface area (Å²) in [6.45, 7) is 0. The van der Waals surface area contributed by atoms with Gasteiger partial charge in [0.2, 0.25) is 0 Å². The van der Waals surface area contributed by atoms with Crippen molar-refractivity contribution in [2.45, 2.75) is 0 Å². The predicted molar refractivity (Wildman–Crippen MR) is 98.1 cm³/mol. The third-order valence-corrected chi connectivity index (χ3v) is 4.48. The van der Waals surface area contributed by atoms with Crippen LogP contribution in [0, 0.1) is 0 Å². The highest BCUT2D eigenvalue weighted by molar-refractivity contribution is 6.30. The monoisotopic (exact) mass is 332 g/mol. The standard InChI is InChI=1S/C20H13ClN2O/c21-13-6-5-7-14(12-13)23-17-10-3-4-11-18(17)24-19-15-8-1-2-9-16(15)22-20(19)23/h1-12,22H. The number of nitrogens with one attached hydrogen (secondary N) is 1. The first-order valence-corrected chi connectivity index (χ1v) is 8.12. The van der Waals surface area contributed by atoms with Gasteiger partial charge in [0.15, 0.2) is 17.3 Å². The molecule has 4 aromatic rings. The van der Waals surface area contributed by atoms with Gasteiger partial charge in [0, 0.05) is 16.1 Å². The van der Waals surface area contributed by atoms with Crippen LogP contribution in [-0.4, -0.2) is 4.98 Å². The van der Waals surface area contributed by atoms with Crippen molar-refractivity contribution in [2.24, 2.45) is 0 Å². The van der Waals surface area contributed by atoms with Crippen LogP contribution in [0.5, 0.6) is 11.5 Å². The fourth-order valence-electron chi connectivity index (χ4n) is 3.20. The normalized spacial score (nSPS) is 12.6. The molecule has 4 heteroatoms. The largest absolute Gasteiger partial charge is 0.451 e. The number of H-pyrrole nitrogens is 1. The van der Waals surface area contributed by atoms with E-state index < -0.39 is 0 Å². The highest BCUT2D eigenvalue weighted by atomic mass is 35.5. The minimum absolute atomic E-state index is 0.703. The number of ether oxygens (including phenoxy) is 1. The van der Waals surface area contributed by atoms with Crippen molar-refractivity contribution in [3.63, 3.8) is 0 Å². The number of nitrogens with zero attached hydrogens (tertiary/aromatic N) is 1. The van der Waals surface area contributed by atoms with Gasteiger partial charge in [-0.15, -0.1) is 0 Å². The van der Waals surface area contributed by atoms with Crippen molar-refractivity contribution in [1.29, 1.82) is 0 Å². The molecule has 0 atom stereocenters. The minimum atomic E-state index is 0.703. The number of anilines is 3. The molecule has 5 rings (SSSR count). The van der Waals surface area contributed by atoms with E-state index in [4.69, 9.17) is 16.3 Å². The zero-order chi connectivity index (χ0) is 16.1. The highest BCUT2D eigenvalue weighted by Gasteiger charge is 2.29. The van der Waals surface area contributed by atoms with Gasteiger partial charge in [-0.25, -0.2) is 0 Å². The van der Waals surface area contributed by atoms with Gasteiger partial charge in [-0.1, -0.05) is 41.9 Å². The van der Waals surface area contributed by atoms with Crippen LogP contribution in [0.1, 0.15) is 0 Å². The molecule has 0 amide bonds. The van der Waals surface area contributed by atoms with Crippen LogP contribution in [0.2, 0.25) is 5.02 Å². The molecular formula is C20H13ClN2O. The van der Waals surface area contributed by atoms with Crippen molar-refractivity contribution in [1.82, 2.24) is 4.98 Å². The van der Waals surface area contributed by atoms with Crippen LogP contribution >= 0.6 is 11.6 Å². The Hall–Kier alpha value is -2.91. The molecule has 0 aliphatic carbocycles. The molecular weight excluding hydrogens is 320 g/mol.